The summed E-state index contributed by atoms with van der Waals surface area (Å²) in [6, 6.07) is 0.232. The van der Waals surface area contributed by atoms with Crippen LogP contribution in [0.2, 0.25) is 5.02 Å². The molecule has 1 unspecified atom stereocenters. The molecule has 5 rings (SSSR count). The van der Waals surface area contributed by atoms with Crippen LogP contribution >= 0.6 is 11.6 Å². The molecule has 4 saturated carbocycles. The highest BCUT2D eigenvalue weighted by molar-refractivity contribution is 6.31. The molecule has 1 aromatic heterocycles. The molecule has 4 fully saturated rings. The minimum atomic E-state index is -0.455. The summed E-state index contributed by atoms with van der Waals surface area (Å²) < 4.78 is 1.92. The van der Waals surface area contributed by atoms with Crippen molar-refractivity contribution in [3.63, 3.8) is 0 Å². The molecule has 4 aliphatic carbocycles. The molecule has 0 aromatic carbocycles. The van der Waals surface area contributed by atoms with E-state index in [1.165, 1.54) is 38.5 Å². The van der Waals surface area contributed by atoms with Gasteiger partial charge in [0.1, 0.15) is 6.10 Å². The molecule has 1 atom stereocenters. The van der Waals surface area contributed by atoms with E-state index in [1.807, 2.05) is 4.68 Å². The van der Waals surface area contributed by atoms with Gasteiger partial charge in [0.05, 0.1) is 16.9 Å². The summed E-state index contributed by atoms with van der Waals surface area (Å²) in [6.07, 6.45) is 8.96. The molecule has 0 spiro atoms. The number of nitrogens with zero attached hydrogens (tertiary/aromatic N) is 2. The Morgan fingerprint density at radius 3 is 2.19 bits per heavy atom. The number of rotatable bonds is 3. The lowest BCUT2D eigenvalue weighted by Crippen LogP contribution is -2.49. The van der Waals surface area contributed by atoms with Crippen LogP contribution in [-0.2, 0) is 0 Å². The topological polar surface area (TPSA) is 38.0 Å². The maximum atomic E-state index is 11.2. The van der Waals surface area contributed by atoms with Crippen molar-refractivity contribution < 1.29 is 5.11 Å². The molecule has 21 heavy (non-hydrogen) atoms. The first kappa shape index (κ1) is 14.1. The van der Waals surface area contributed by atoms with Crippen LogP contribution in [0, 0.1) is 23.2 Å². The standard InChI is InChI=1S/C17H25ClN2O/c1-10(2)20-15(14(18)9-19-20)16(21)17-6-11-3-12(7-17)5-13(4-11)8-17/h9-13,16,21H,3-8H2,1-2H3. The Morgan fingerprint density at radius 1 is 1.19 bits per heavy atom. The van der Waals surface area contributed by atoms with Crippen molar-refractivity contribution in [3.8, 4) is 0 Å². The summed E-state index contributed by atoms with van der Waals surface area (Å²) in [7, 11) is 0. The number of aliphatic hydroxyl groups excluding tert-OH is 1. The second-order valence-electron chi connectivity index (χ2n) is 8.10. The Bertz CT molecular complexity index is 516. The zero-order valence-corrected chi connectivity index (χ0v) is 13.7. The SMILES string of the molecule is CC(C)n1ncc(Cl)c1C(O)C12CC3CC(CC(C3)C1)C2. The predicted octanol–water partition coefficient (Wildman–Crippen LogP) is 4.37. The van der Waals surface area contributed by atoms with Crippen LogP contribution in [-0.4, -0.2) is 14.9 Å². The van der Waals surface area contributed by atoms with E-state index in [0.29, 0.717) is 5.02 Å². The average molecular weight is 309 g/mol. The van der Waals surface area contributed by atoms with Gasteiger partial charge < -0.3 is 5.11 Å². The minimum absolute atomic E-state index is 0.0606. The van der Waals surface area contributed by atoms with Gasteiger partial charge in [0.25, 0.3) is 0 Å². The molecule has 4 heteroatoms. The average Bonchev–Trinajstić information content (AvgIpc) is 2.78. The summed E-state index contributed by atoms with van der Waals surface area (Å²) in [4.78, 5) is 0. The molecule has 0 saturated heterocycles. The zero-order valence-electron chi connectivity index (χ0n) is 12.9. The Labute approximate surface area is 131 Å². The van der Waals surface area contributed by atoms with Gasteiger partial charge in [0, 0.05) is 11.5 Å². The van der Waals surface area contributed by atoms with E-state index in [0.717, 1.165) is 23.4 Å². The molecule has 0 aliphatic heterocycles. The minimum Gasteiger partial charge on any atom is -0.386 e. The van der Waals surface area contributed by atoms with Gasteiger partial charge in [-0.1, -0.05) is 11.6 Å². The third-order valence-electron chi connectivity index (χ3n) is 6.20. The third kappa shape index (κ3) is 2.08. The molecule has 0 radical (unpaired) electrons. The van der Waals surface area contributed by atoms with Crippen molar-refractivity contribution in [2.45, 2.75) is 64.5 Å². The highest BCUT2D eigenvalue weighted by Crippen LogP contribution is 2.64. The molecule has 0 amide bonds. The van der Waals surface area contributed by atoms with Crippen LogP contribution < -0.4 is 0 Å². The van der Waals surface area contributed by atoms with Gasteiger partial charge in [-0.25, -0.2) is 0 Å². The number of halogens is 1. The Balaban J connectivity index is 1.72. The van der Waals surface area contributed by atoms with Gasteiger partial charge in [-0.05, 0) is 70.1 Å². The van der Waals surface area contributed by atoms with Crippen LogP contribution in [0.3, 0.4) is 0 Å². The van der Waals surface area contributed by atoms with Gasteiger partial charge in [0.2, 0.25) is 0 Å². The van der Waals surface area contributed by atoms with E-state index in [2.05, 4.69) is 18.9 Å². The summed E-state index contributed by atoms with van der Waals surface area (Å²) in [5.41, 5.74) is 0.916. The highest BCUT2D eigenvalue weighted by Gasteiger charge is 2.55. The van der Waals surface area contributed by atoms with E-state index in [9.17, 15) is 5.11 Å². The van der Waals surface area contributed by atoms with Crippen LogP contribution in [0.4, 0.5) is 0 Å². The maximum absolute atomic E-state index is 11.2. The summed E-state index contributed by atoms with van der Waals surface area (Å²) >= 11 is 6.38. The monoisotopic (exact) mass is 308 g/mol. The van der Waals surface area contributed by atoms with E-state index in [1.54, 1.807) is 6.20 Å². The lowest BCUT2D eigenvalue weighted by molar-refractivity contribution is -0.124. The van der Waals surface area contributed by atoms with Crippen molar-refractivity contribution in [3.05, 3.63) is 16.9 Å². The van der Waals surface area contributed by atoms with E-state index >= 15 is 0 Å². The molecule has 3 nitrogen and oxygen atoms in total. The molecule has 4 bridgehead atoms. The van der Waals surface area contributed by atoms with Crippen LogP contribution in [0.15, 0.2) is 6.20 Å². The van der Waals surface area contributed by atoms with Gasteiger partial charge in [-0.2, -0.15) is 5.10 Å². The fourth-order valence-electron chi connectivity index (χ4n) is 5.82. The number of aromatic nitrogens is 2. The number of aliphatic hydroxyl groups is 1. The zero-order chi connectivity index (χ0) is 14.8. The molecule has 1 N–H and O–H groups in total. The maximum Gasteiger partial charge on any atom is 0.103 e. The summed E-state index contributed by atoms with van der Waals surface area (Å²) in [5.74, 6) is 2.50. The van der Waals surface area contributed by atoms with Gasteiger partial charge in [-0.15, -0.1) is 0 Å². The van der Waals surface area contributed by atoms with Crippen LogP contribution in [0.25, 0.3) is 0 Å². The molecule has 4 aliphatic rings. The quantitative estimate of drug-likeness (QED) is 0.900. The Kier molecular flexibility index (Phi) is 3.17. The van der Waals surface area contributed by atoms with Crippen molar-refractivity contribution in [2.75, 3.05) is 0 Å². The lowest BCUT2D eigenvalue weighted by atomic mass is 9.48. The van der Waals surface area contributed by atoms with Gasteiger partial charge >= 0.3 is 0 Å². The van der Waals surface area contributed by atoms with Crippen molar-refractivity contribution in [1.82, 2.24) is 9.78 Å². The summed E-state index contributed by atoms with van der Waals surface area (Å²) in [5, 5.41) is 16.3. The number of hydrogen-bond donors (Lipinski definition) is 1. The van der Waals surface area contributed by atoms with E-state index in [-0.39, 0.29) is 11.5 Å². The van der Waals surface area contributed by atoms with Crippen LogP contribution in [0.5, 0.6) is 0 Å². The normalized spacial score (nSPS) is 39.2. The van der Waals surface area contributed by atoms with Crippen molar-refractivity contribution in [2.24, 2.45) is 23.2 Å². The summed E-state index contributed by atoms with van der Waals surface area (Å²) in [6.45, 7) is 4.19. The van der Waals surface area contributed by atoms with Crippen molar-refractivity contribution >= 4 is 11.6 Å². The Morgan fingerprint density at radius 2 is 1.71 bits per heavy atom. The van der Waals surface area contributed by atoms with Gasteiger partial charge in [0.15, 0.2) is 0 Å². The fourth-order valence-corrected chi connectivity index (χ4v) is 6.05. The Hall–Kier alpha value is -0.540. The molecule has 1 aromatic rings. The first-order valence-corrected chi connectivity index (χ1v) is 8.77. The largest absolute Gasteiger partial charge is 0.386 e. The van der Waals surface area contributed by atoms with E-state index < -0.39 is 6.10 Å². The first-order valence-electron chi connectivity index (χ1n) is 8.39. The molecular weight excluding hydrogens is 284 g/mol. The second-order valence-corrected chi connectivity index (χ2v) is 8.51. The second kappa shape index (κ2) is 4.73. The molecular formula is C17H25ClN2O. The van der Waals surface area contributed by atoms with Crippen molar-refractivity contribution in [1.29, 1.82) is 0 Å². The molecule has 1 heterocycles. The lowest BCUT2D eigenvalue weighted by Gasteiger charge is -2.58. The highest BCUT2D eigenvalue weighted by atomic mass is 35.5. The van der Waals surface area contributed by atoms with E-state index in [4.69, 9.17) is 11.6 Å². The first-order chi connectivity index (χ1) is 9.98. The number of hydrogen-bond acceptors (Lipinski definition) is 2. The van der Waals surface area contributed by atoms with Gasteiger partial charge in [-0.3, -0.25) is 4.68 Å². The third-order valence-corrected chi connectivity index (χ3v) is 6.49. The smallest absolute Gasteiger partial charge is 0.103 e. The molecule has 116 valence electrons. The predicted molar refractivity (Wildman–Crippen MR) is 83.2 cm³/mol. The fraction of sp³-hybridized carbons (Fsp3) is 0.824. The van der Waals surface area contributed by atoms with Crippen LogP contribution in [0.1, 0.15) is 70.2 Å².